The first-order chi connectivity index (χ1) is 10.2. The summed E-state index contributed by atoms with van der Waals surface area (Å²) >= 11 is 1.54. The highest BCUT2D eigenvalue weighted by Crippen LogP contribution is 2.16. The fraction of sp³-hybridized carbons (Fsp3) is 0.467. The van der Waals surface area contributed by atoms with Crippen LogP contribution in [0.3, 0.4) is 0 Å². The van der Waals surface area contributed by atoms with E-state index in [-0.39, 0.29) is 18.4 Å². The molecule has 0 unspecified atom stereocenters. The van der Waals surface area contributed by atoms with Crippen LogP contribution in [0.2, 0.25) is 0 Å². The molecule has 2 rings (SSSR count). The zero-order valence-corrected chi connectivity index (χ0v) is 12.9. The molecule has 1 heterocycles. The van der Waals surface area contributed by atoms with Crippen molar-refractivity contribution in [2.75, 3.05) is 31.3 Å². The molecule has 0 spiro atoms. The van der Waals surface area contributed by atoms with Crippen molar-refractivity contribution in [2.24, 2.45) is 0 Å². The van der Waals surface area contributed by atoms with E-state index in [1.807, 2.05) is 31.2 Å². The highest BCUT2D eigenvalue weighted by Gasteiger charge is 2.22. The third-order valence-electron chi connectivity index (χ3n) is 3.15. The van der Waals surface area contributed by atoms with Gasteiger partial charge in [-0.2, -0.15) is 0 Å². The molecule has 0 atom stereocenters. The van der Waals surface area contributed by atoms with Crippen molar-refractivity contribution in [3.05, 3.63) is 29.8 Å². The van der Waals surface area contributed by atoms with Crippen molar-refractivity contribution in [3.63, 3.8) is 0 Å². The Labute approximate surface area is 129 Å². The van der Waals surface area contributed by atoms with Crippen molar-refractivity contribution in [1.82, 2.24) is 10.2 Å². The number of carbonyl (C=O) groups is 2. The van der Waals surface area contributed by atoms with Gasteiger partial charge in [-0.1, -0.05) is 18.2 Å². The number of ether oxygens (including phenoxy) is 1. The van der Waals surface area contributed by atoms with Crippen LogP contribution in [-0.2, 0) is 9.59 Å². The highest BCUT2D eigenvalue weighted by atomic mass is 32.2. The van der Waals surface area contributed by atoms with Crippen molar-refractivity contribution >= 4 is 23.6 Å². The molecule has 6 heteroatoms. The Balaban J connectivity index is 1.58. The number of benzene rings is 1. The number of nitrogens with one attached hydrogen (secondary N) is 1. The van der Waals surface area contributed by atoms with Crippen molar-refractivity contribution in [2.45, 2.75) is 13.3 Å². The standard InChI is InChI=1S/C15H20N2O3S/c1-12-5-2-3-6-13(12)20-8-4-7-16-14(18)9-17-11-21-10-15(17)19/h2-3,5-6H,4,7-11H2,1H3,(H,16,18). The molecule has 114 valence electrons. The van der Waals surface area contributed by atoms with E-state index in [1.54, 1.807) is 4.90 Å². The average molecular weight is 308 g/mol. The maximum Gasteiger partial charge on any atom is 0.239 e. The van der Waals surface area contributed by atoms with Gasteiger partial charge in [0.2, 0.25) is 11.8 Å². The van der Waals surface area contributed by atoms with E-state index in [4.69, 9.17) is 4.74 Å². The smallest absolute Gasteiger partial charge is 0.239 e. The Hall–Kier alpha value is -1.69. The lowest BCUT2D eigenvalue weighted by molar-refractivity contribution is -0.132. The average Bonchev–Trinajstić information content (AvgIpc) is 2.86. The predicted molar refractivity (Wildman–Crippen MR) is 83.3 cm³/mol. The van der Waals surface area contributed by atoms with Gasteiger partial charge in [0.05, 0.1) is 18.2 Å². The fourth-order valence-corrected chi connectivity index (χ4v) is 2.87. The third kappa shape index (κ3) is 4.97. The molecule has 0 bridgehead atoms. The van der Waals surface area contributed by atoms with Crippen molar-refractivity contribution in [3.8, 4) is 5.75 Å². The minimum Gasteiger partial charge on any atom is -0.493 e. The second-order valence-electron chi connectivity index (χ2n) is 4.89. The van der Waals surface area contributed by atoms with Crippen LogP contribution in [0.1, 0.15) is 12.0 Å². The third-order valence-corrected chi connectivity index (χ3v) is 4.10. The van der Waals surface area contributed by atoms with E-state index in [2.05, 4.69) is 5.32 Å². The molecule has 0 saturated carbocycles. The SMILES string of the molecule is Cc1ccccc1OCCCNC(=O)CN1CSCC1=O. The zero-order chi connectivity index (χ0) is 15.1. The first-order valence-electron chi connectivity index (χ1n) is 6.97. The molecule has 1 aromatic rings. The lowest BCUT2D eigenvalue weighted by atomic mass is 10.2. The maximum atomic E-state index is 11.7. The van der Waals surface area contributed by atoms with Crippen LogP contribution in [-0.4, -0.2) is 48.0 Å². The molecule has 0 aliphatic carbocycles. The summed E-state index contributed by atoms with van der Waals surface area (Å²) in [7, 11) is 0. The van der Waals surface area contributed by atoms with Gasteiger partial charge in [-0.25, -0.2) is 0 Å². The summed E-state index contributed by atoms with van der Waals surface area (Å²) in [5.41, 5.74) is 1.10. The second kappa shape index (κ2) is 7.93. The lowest BCUT2D eigenvalue weighted by Crippen LogP contribution is -2.38. The molecule has 1 fully saturated rings. The van der Waals surface area contributed by atoms with Gasteiger partial charge in [0.15, 0.2) is 0 Å². The van der Waals surface area contributed by atoms with Crippen LogP contribution in [0, 0.1) is 6.92 Å². The molecular formula is C15H20N2O3S. The first-order valence-corrected chi connectivity index (χ1v) is 8.13. The Morgan fingerprint density at radius 1 is 1.43 bits per heavy atom. The van der Waals surface area contributed by atoms with Gasteiger partial charge in [-0.05, 0) is 25.0 Å². The molecular weight excluding hydrogens is 288 g/mol. The molecule has 2 amide bonds. The highest BCUT2D eigenvalue weighted by molar-refractivity contribution is 8.00. The summed E-state index contributed by atoms with van der Waals surface area (Å²) in [5, 5.41) is 2.81. The Kier molecular flexibility index (Phi) is 5.92. The molecule has 21 heavy (non-hydrogen) atoms. The summed E-state index contributed by atoms with van der Waals surface area (Å²) in [5.74, 6) is 1.91. The topological polar surface area (TPSA) is 58.6 Å². The number of para-hydroxylation sites is 1. The van der Waals surface area contributed by atoms with Gasteiger partial charge in [0.25, 0.3) is 0 Å². The maximum absolute atomic E-state index is 11.7. The van der Waals surface area contributed by atoms with Gasteiger partial charge in [-0.3, -0.25) is 9.59 Å². The summed E-state index contributed by atoms with van der Waals surface area (Å²) in [6.45, 7) is 3.27. The molecule has 1 aromatic carbocycles. The van der Waals surface area contributed by atoms with E-state index in [0.29, 0.717) is 24.8 Å². The molecule has 0 radical (unpaired) electrons. The number of hydrogen-bond acceptors (Lipinski definition) is 4. The number of amides is 2. The second-order valence-corrected chi connectivity index (χ2v) is 5.84. The van der Waals surface area contributed by atoms with Crippen LogP contribution in [0.15, 0.2) is 24.3 Å². The molecule has 1 saturated heterocycles. The van der Waals surface area contributed by atoms with Crippen LogP contribution < -0.4 is 10.1 Å². The number of carbonyl (C=O) groups excluding carboxylic acids is 2. The number of thioether (sulfide) groups is 1. The fourth-order valence-electron chi connectivity index (χ4n) is 1.97. The van der Waals surface area contributed by atoms with Crippen LogP contribution >= 0.6 is 11.8 Å². The quantitative estimate of drug-likeness (QED) is 0.774. The largest absolute Gasteiger partial charge is 0.493 e. The van der Waals surface area contributed by atoms with Crippen molar-refractivity contribution < 1.29 is 14.3 Å². The number of aryl methyl sites for hydroxylation is 1. The summed E-state index contributed by atoms with van der Waals surface area (Å²) < 4.78 is 5.65. The number of nitrogens with zero attached hydrogens (tertiary/aromatic N) is 1. The molecule has 1 N–H and O–H groups in total. The summed E-state index contributed by atoms with van der Waals surface area (Å²) in [6.07, 6.45) is 0.739. The monoisotopic (exact) mass is 308 g/mol. The Morgan fingerprint density at radius 3 is 2.95 bits per heavy atom. The van der Waals surface area contributed by atoms with Gasteiger partial charge < -0.3 is 15.0 Å². The summed E-state index contributed by atoms with van der Waals surface area (Å²) in [4.78, 5) is 24.6. The van der Waals surface area contributed by atoms with Gasteiger partial charge >= 0.3 is 0 Å². The molecule has 0 aromatic heterocycles. The van der Waals surface area contributed by atoms with E-state index < -0.39 is 0 Å². The number of rotatable bonds is 7. The van der Waals surface area contributed by atoms with E-state index >= 15 is 0 Å². The van der Waals surface area contributed by atoms with E-state index in [0.717, 1.165) is 17.7 Å². The summed E-state index contributed by atoms with van der Waals surface area (Å²) in [6, 6.07) is 7.85. The van der Waals surface area contributed by atoms with Gasteiger partial charge in [0, 0.05) is 6.54 Å². The van der Waals surface area contributed by atoms with E-state index in [9.17, 15) is 9.59 Å². The Morgan fingerprint density at radius 2 is 2.24 bits per heavy atom. The van der Waals surface area contributed by atoms with Crippen LogP contribution in [0.25, 0.3) is 0 Å². The Bertz CT molecular complexity index is 507. The first kappa shape index (κ1) is 15.7. The van der Waals surface area contributed by atoms with Gasteiger partial charge in [-0.15, -0.1) is 11.8 Å². The lowest BCUT2D eigenvalue weighted by Gasteiger charge is -2.14. The molecule has 1 aliphatic heterocycles. The van der Waals surface area contributed by atoms with Crippen molar-refractivity contribution in [1.29, 1.82) is 0 Å². The van der Waals surface area contributed by atoms with Crippen LogP contribution in [0.4, 0.5) is 0 Å². The minimum atomic E-state index is -0.109. The predicted octanol–water partition coefficient (Wildman–Crippen LogP) is 1.41. The van der Waals surface area contributed by atoms with E-state index in [1.165, 1.54) is 11.8 Å². The minimum absolute atomic E-state index is 0.0398. The number of hydrogen-bond donors (Lipinski definition) is 1. The van der Waals surface area contributed by atoms with Gasteiger partial charge in [0.1, 0.15) is 12.3 Å². The molecule has 5 nitrogen and oxygen atoms in total. The molecule has 1 aliphatic rings. The van der Waals surface area contributed by atoms with Crippen LogP contribution in [0.5, 0.6) is 5.75 Å². The zero-order valence-electron chi connectivity index (χ0n) is 12.1. The normalized spacial score (nSPS) is 14.3.